The highest BCUT2D eigenvalue weighted by Crippen LogP contribution is 2.26. The molecule has 1 fully saturated rings. The molecule has 0 aliphatic carbocycles. The molecule has 0 aromatic heterocycles. The van der Waals surface area contributed by atoms with Gasteiger partial charge in [-0.25, -0.2) is 17.2 Å². The predicted molar refractivity (Wildman–Crippen MR) is 115 cm³/mol. The molecule has 0 saturated carbocycles. The predicted octanol–water partition coefficient (Wildman–Crippen LogP) is 2.94. The lowest BCUT2D eigenvalue weighted by molar-refractivity contribution is -0.158. The SMILES string of the molecule is COc1ccc(S(=O)(=O)N2CCCC(C(=O)OC(C)C(=O)Nc3ccc(F)cc3F)C2)cc1. The summed E-state index contributed by atoms with van der Waals surface area (Å²) in [6.07, 6.45) is -0.430. The molecular weight excluding hydrogens is 458 g/mol. The Labute approximate surface area is 190 Å². The Kier molecular flexibility index (Phi) is 7.65. The van der Waals surface area contributed by atoms with E-state index in [4.69, 9.17) is 9.47 Å². The number of hydrogen-bond acceptors (Lipinski definition) is 6. The minimum Gasteiger partial charge on any atom is -0.497 e. The smallest absolute Gasteiger partial charge is 0.311 e. The molecule has 33 heavy (non-hydrogen) atoms. The molecule has 2 unspecified atom stereocenters. The third kappa shape index (κ3) is 5.85. The van der Waals surface area contributed by atoms with Gasteiger partial charge in [0.1, 0.15) is 17.4 Å². The van der Waals surface area contributed by atoms with Crippen LogP contribution in [-0.2, 0) is 24.3 Å². The number of anilines is 1. The minimum absolute atomic E-state index is 0.0754. The molecule has 8 nitrogen and oxygen atoms in total. The molecule has 1 heterocycles. The molecule has 0 bridgehead atoms. The number of rotatable bonds is 7. The van der Waals surface area contributed by atoms with Gasteiger partial charge in [0, 0.05) is 19.2 Å². The number of sulfonamides is 1. The van der Waals surface area contributed by atoms with Crippen LogP contribution in [0.25, 0.3) is 0 Å². The number of halogens is 2. The van der Waals surface area contributed by atoms with E-state index in [0.717, 1.165) is 12.1 Å². The van der Waals surface area contributed by atoms with Gasteiger partial charge in [0.15, 0.2) is 6.10 Å². The van der Waals surface area contributed by atoms with E-state index < -0.39 is 45.6 Å². The highest BCUT2D eigenvalue weighted by atomic mass is 32.2. The van der Waals surface area contributed by atoms with Gasteiger partial charge in [0.2, 0.25) is 10.0 Å². The third-order valence-corrected chi connectivity index (χ3v) is 7.15. The van der Waals surface area contributed by atoms with Crippen LogP contribution in [0, 0.1) is 17.6 Å². The Morgan fingerprint density at radius 3 is 2.48 bits per heavy atom. The van der Waals surface area contributed by atoms with Gasteiger partial charge >= 0.3 is 5.97 Å². The van der Waals surface area contributed by atoms with Gasteiger partial charge in [-0.2, -0.15) is 4.31 Å². The van der Waals surface area contributed by atoms with Crippen LogP contribution in [-0.4, -0.2) is 50.9 Å². The Hall–Kier alpha value is -3.05. The summed E-state index contributed by atoms with van der Waals surface area (Å²) < 4.78 is 64.1. The van der Waals surface area contributed by atoms with Crippen LogP contribution in [0.1, 0.15) is 19.8 Å². The van der Waals surface area contributed by atoms with Crippen LogP contribution >= 0.6 is 0 Å². The van der Waals surface area contributed by atoms with Crippen molar-refractivity contribution in [2.75, 3.05) is 25.5 Å². The molecule has 2 aromatic carbocycles. The molecular formula is C22H24F2N2O6S. The molecule has 0 spiro atoms. The van der Waals surface area contributed by atoms with Crippen LogP contribution in [0.5, 0.6) is 5.75 Å². The summed E-state index contributed by atoms with van der Waals surface area (Å²) in [7, 11) is -2.35. The maximum Gasteiger partial charge on any atom is 0.311 e. The topological polar surface area (TPSA) is 102 Å². The van der Waals surface area contributed by atoms with Crippen LogP contribution in [0.4, 0.5) is 14.5 Å². The number of carbonyl (C=O) groups is 2. The van der Waals surface area contributed by atoms with Gasteiger partial charge in [-0.05, 0) is 56.2 Å². The largest absolute Gasteiger partial charge is 0.497 e. The monoisotopic (exact) mass is 482 g/mol. The Balaban J connectivity index is 1.62. The zero-order chi connectivity index (χ0) is 24.2. The maximum atomic E-state index is 13.7. The first kappa shape index (κ1) is 24.6. The molecule has 1 aliphatic rings. The molecule has 1 aliphatic heterocycles. The van der Waals surface area contributed by atoms with Gasteiger partial charge in [0.25, 0.3) is 5.91 Å². The highest BCUT2D eigenvalue weighted by molar-refractivity contribution is 7.89. The van der Waals surface area contributed by atoms with Gasteiger partial charge in [-0.15, -0.1) is 0 Å². The molecule has 2 aromatic rings. The van der Waals surface area contributed by atoms with E-state index in [1.165, 1.54) is 42.6 Å². The number of nitrogens with one attached hydrogen (secondary N) is 1. The van der Waals surface area contributed by atoms with E-state index >= 15 is 0 Å². The summed E-state index contributed by atoms with van der Waals surface area (Å²) in [4.78, 5) is 24.9. The molecule has 1 saturated heterocycles. The number of benzene rings is 2. The number of carbonyl (C=O) groups excluding carboxylic acids is 2. The van der Waals surface area contributed by atoms with Crippen molar-refractivity contribution in [1.29, 1.82) is 0 Å². The van der Waals surface area contributed by atoms with Gasteiger partial charge in [-0.1, -0.05) is 0 Å². The number of nitrogens with zero attached hydrogens (tertiary/aromatic N) is 1. The average Bonchev–Trinajstić information content (AvgIpc) is 2.80. The second-order valence-electron chi connectivity index (χ2n) is 7.57. The lowest BCUT2D eigenvalue weighted by Crippen LogP contribution is -2.44. The summed E-state index contributed by atoms with van der Waals surface area (Å²) in [6, 6.07) is 8.58. The second kappa shape index (κ2) is 10.3. The zero-order valence-corrected chi connectivity index (χ0v) is 18.9. The summed E-state index contributed by atoms with van der Waals surface area (Å²) in [6.45, 7) is 1.47. The van der Waals surface area contributed by atoms with E-state index in [0.29, 0.717) is 24.7 Å². The van der Waals surface area contributed by atoms with Crippen molar-refractivity contribution in [1.82, 2.24) is 4.31 Å². The Bertz CT molecular complexity index is 1120. The molecule has 11 heteroatoms. The number of esters is 1. The average molecular weight is 483 g/mol. The normalized spacial score (nSPS) is 17.8. The molecule has 1 N–H and O–H groups in total. The number of methoxy groups -OCH3 is 1. The summed E-state index contributed by atoms with van der Waals surface area (Å²) in [5, 5.41) is 2.23. The van der Waals surface area contributed by atoms with Crippen molar-refractivity contribution >= 4 is 27.6 Å². The fourth-order valence-electron chi connectivity index (χ4n) is 3.40. The third-order valence-electron chi connectivity index (χ3n) is 5.27. The van der Waals surface area contributed by atoms with E-state index in [9.17, 15) is 26.8 Å². The first-order chi connectivity index (χ1) is 15.6. The number of ether oxygens (including phenoxy) is 2. The molecule has 1 amide bonds. The summed E-state index contributed by atoms with van der Waals surface area (Å²) >= 11 is 0. The fraction of sp³-hybridized carbons (Fsp3) is 0.364. The van der Waals surface area contributed by atoms with Crippen molar-refractivity contribution in [2.45, 2.75) is 30.8 Å². The van der Waals surface area contributed by atoms with Crippen molar-refractivity contribution in [3.8, 4) is 5.75 Å². The van der Waals surface area contributed by atoms with Crippen molar-refractivity contribution in [3.63, 3.8) is 0 Å². The second-order valence-corrected chi connectivity index (χ2v) is 9.51. The highest BCUT2D eigenvalue weighted by Gasteiger charge is 2.35. The minimum atomic E-state index is -3.83. The number of piperidine rings is 1. The summed E-state index contributed by atoms with van der Waals surface area (Å²) in [5.41, 5.74) is -0.251. The van der Waals surface area contributed by atoms with Gasteiger partial charge in [0.05, 0.1) is 23.6 Å². The molecule has 178 valence electrons. The van der Waals surface area contributed by atoms with Gasteiger partial charge < -0.3 is 14.8 Å². The van der Waals surface area contributed by atoms with Crippen LogP contribution in [0.3, 0.4) is 0 Å². The lowest BCUT2D eigenvalue weighted by Gasteiger charge is -2.31. The maximum absolute atomic E-state index is 13.7. The number of hydrogen-bond donors (Lipinski definition) is 1. The number of amides is 1. The molecule has 0 radical (unpaired) electrons. The van der Waals surface area contributed by atoms with Gasteiger partial charge in [-0.3, -0.25) is 9.59 Å². The Morgan fingerprint density at radius 2 is 1.85 bits per heavy atom. The molecule has 2 atom stereocenters. The molecule has 3 rings (SSSR count). The summed E-state index contributed by atoms with van der Waals surface area (Å²) in [5.74, 6) is -3.53. The van der Waals surface area contributed by atoms with Crippen molar-refractivity contribution in [3.05, 3.63) is 54.1 Å². The van der Waals surface area contributed by atoms with Crippen molar-refractivity contribution < 1.29 is 36.3 Å². The van der Waals surface area contributed by atoms with Crippen molar-refractivity contribution in [2.24, 2.45) is 5.92 Å². The quantitative estimate of drug-likeness (QED) is 0.609. The van der Waals surface area contributed by atoms with Crippen LogP contribution < -0.4 is 10.1 Å². The van der Waals surface area contributed by atoms with E-state index in [1.54, 1.807) is 0 Å². The van der Waals surface area contributed by atoms with Crippen LogP contribution in [0.2, 0.25) is 0 Å². The van der Waals surface area contributed by atoms with Crippen LogP contribution in [0.15, 0.2) is 47.4 Å². The lowest BCUT2D eigenvalue weighted by atomic mass is 10.00. The zero-order valence-electron chi connectivity index (χ0n) is 18.1. The van der Waals surface area contributed by atoms with E-state index in [1.807, 2.05) is 0 Å². The standard InChI is InChI=1S/C22H24F2N2O6S/c1-14(21(27)25-20-10-5-16(23)12-19(20)24)32-22(28)15-4-3-11-26(13-15)33(29,30)18-8-6-17(31-2)7-9-18/h5-10,12,14-15H,3-4,11,13H2,1-2H3,(H,25,27). The first-order valence-electron chi connectivity index (χ1n) is 10.2. The Morgan fingerprint density at radius 1 is 1.15 bits per heavy atom. The van der Waals surface area contributed by atoms with E-state index in [-0.39, 0.29) is 23.7 Å². The van der Waals surface area contributed by atoms with E-state index in [2.05, 4.69) is 5.32 Å². The first-order valence-corrected chi connectivity index (χ1v) is 11.7. The fourth-order valence-corrected chi connectivity index (χ4v) is 4.92.